The van der Waals surface area contributed by atoms with E-state index in [-0.39, 0.29) is 5.92 Å². The van der Waals surface area contributed by atoms with Gasteiger partial charge in [-0.1, -0.05) is 41.9 Å². The first-order chi connectivity index (χ1) is 9.82. The molecule has 0 aromatic carbocycles. The van der Waals surface area contributed by atoms with Crippen LogP contribution in [-0.4, -0.2) is 5.78 Å². The molecule has 0 rings (SSSR count). The standard InChI is InChI=1S/C20H34O/c1-16(2)10-7-11-17(3)12-8-13-18(4)14-9-15-19(5)20(6)21/h10,12,14,19H,7-9,11,13,15H2,1-6H3/b17-12+,18-14+. The monoisotopic (exact) mass is 290 g/mol. The first-order valence-electron chi connectivity index (χ1n) is 8.28. The van der Waals surface area contributed by atoms with Gasteiger partial charge in [-0.15, -0.1) is 0 Å². The van der Waals surface area contributed by atoms with Crippen molar-refractivity contribution < 1.29 is 4.79 Å². The zero-order chi connectivity index (χ0) is 16.3. The highest BCUT2D eigenvalue weighted by Crippen LogP contribution is 2.13. The molecule has 1 nitrogen and oxygen atoms in total. The van der Waals surface area contributed by atoms with Gasteiger partial charge in [0.15, 0.2) is 0 Å². The summed E-state index contributed by atoms with van der Waals surface area (Å²) in [5, 5.41) is 0. The smallest absolute Gasteiger partial charge is 0.132 e. The van der Waals surface area contributed by atoms with Crippen molar-refractivity contribution in [2.24, 2.45) is 5.92 Å². The van der Waals surface area contributed by atoms with E-state index in [1.165, 1.54) is 23.1 Å². The fourth-order valence-corrected chi connectivity index (χ4v) is 2.12. The molecule has 0 amide bonds. The Kier molecular flexibility index (Phi) is 10.9. The SMILES string of the molecule is CC(=O)C(C)CC/C=C(\C)CC/C=C(\C)CCC=C(C)C. The van der Waals surface area contributed by atoms with Crippen LogP contribution in [0.25, 0.3) is 0 Å². The Morgan fingerprint density at radius 1 is 0.810 bits per heavy atom. The van der Waals surface area contributed by atoms with Crippen LogP contribution < -0.4 is 0 Å². The van der Waals surface area contributed by atoms with Crippen molar-refractivity contribution in [3.63, 3.8) is 0 Å². The predicted octanol–water partition coefficient (Wildman–Crippen LogP) is 6.41. The largest absolute Gasteiger partial charge is 0.300 e. The van der Waals surface area contributed by atoms with E-state index in [1.54, 1.807) is 6.92 Å². The van der Waals surface area contributed by atoms with E-state index in [0.717, 1.165) is 32.1 Å². The molecule has 0 aliphatic carbocycles. The molecule has 0 bridgehead atoms. The molecule has 0 aromatic heterocycles. The fourth-order valence-electron chi connectivity index (χ4n) is 2.12. The summed E-state index contributed by atoms with van der Waals surface area (Å²) in [5.74, 6) is 0.502. The highest BCUT2D eigenvalue weighted by molar-refractivity contribution is 5.77. The second kappa shape index (κ2) is 11.5. The lowest BCUT2D eigenvalue weighted by Gasteiger charge is -2.05. The average molecular weight is 290 g/mol. The molecule has 1 heteroatoms. The molecule has 0 spiro atoms. The normalized spacial score (nSPS) is 14.0. The summed E-state index contributed by atoms with van der Waals surface area (Å²) in [4.78, 5) is 11.2. The second-order valence-corrected chi connectivity index (χ2v) is 6.55. The molecule has 1 atom stereocenters. The first kappa shape index (κ1) is 19.9. The Labute approximate surface area is 132 Å². The lowest BCUT2D eigenvalue weighted by Crippen LogP contribution is -2.05. The molecule has 0 fully saturated rings. The maximum Gasteiger partial charge on any atom is 0.132 e. The number of allylic oxidation sites excluding steroid dienone is 6. The lowest BCUT2D eigenvalue weighted by atomic mass is 10.00. The van der Waals surface area contributed by atoms with Gasteiger partial charge in [-0.05, 0) is 73.1 Å². The van der Waals surface area contributed by atoms with Gasteiger partial charge in [-0.2, -0.15) is 0 Å². The summed E-state index contributed by atoms with van der Waals surface area (Å²) in [5.41, 5.74) is 4.34. The third-order valence-corrected chi connectivity index (χ3v) is 3.91. The minimum atomic E-state index is 0.200. The van der Waals surface area contributed by atoms with Crippen LogP contribution >= 0.6 is 0 Å². The number of carbonyl (C=O) groups is 1. The number of ketones is 1. The number of hydrogen-bond donors (Lipinski definition) is 0. The molecule has 0 aliphatic rings. The molecular weight excluding hydrogens is 256 g/mol. The van der Waals surface area contributed by atoms with Gasteiger partial charge < -0.3 is 0 Å². The van der Waals surface area contributed by atoms with Crippen LogP contribution in [-0.2, 0) is 4.79 Å². The maximum absolute atomic E-state index is 11.2. The Balaban J connectivity index is 3.93. The van der Waals surface area contributed by atoms with E-state index >= 15 is 0 Å². The average Bonchev–Trinajstić information content (AvgIpc) is 2.37. The summed E-state index contributed by atoms with van der Waals surface area (Å²) in [7, 11) is 0. The van der Waals surface area contributed by atoms with E-state index in [1.807, 2.05) is 6.92 Å². The van der Waals surface area contributed by atoms with Crippen LogP contribution in [0.1, 0.15) is 80.1 Å². The fraction of sp³-hybridized carbons (Fsp3) is 0.650. The molecule has 1 unspecified atom stereocenters. The van der Waals surface area contributed by atoms with Crippen molar-refractivity contribution >= 4 is 5.78 Å². The van der Waals surface area contributed by atoms with Gasteiger partial charge >= 0.3 is 0 Å². The van der Waals surface area contributed by atoms with Gasteiger partial charge in [0.25, 0.3) is 0 Å². The van der Waals surface area contributed by atoms with Crippen molar-refractivity contribution in [2.75, 3.05) is 0 Å². The van der Waals surface area contributed by atoms with Crippen LogP contribution in [0, 0.1) is 5.92 Å². The minimum absolute atomic E-state index is 0.200. The zero-order valence-electron chi connectivity index (χ0n) is 15.0. The summed E-state index contributed by atoms with van der Waals surface area (Å²) in [6.45, 7) is 12.4. The molecule has 0 saturated heterocycles. The Morgan fingerprint density at radius 3 is 1.76 bits per heavy atom. The third kappa shape index (κ3) is 12.3. The van der Waals surface area contributed by atoms with Crippen molar-refractivity contribution in [1.82, 2.24) is 0 Å². The maximum atomic E-state index is 11.2. The van der Waals surface area contributed by atoms with Crippen LogP contribution in [0.2, 0.25) is 0 Å². The number of hydrogen-bond acceptors (Lipinski definition) is 1. The topological polar surface area (TPSA) is 17.1 Å². The van der Waals surface area contributed by atoms with E-state index in [9.17, 15) is 4.79 Å². The van der Waals surface area contributed by atoms with Gasteiger partial charge in [-0.3, -0.25) is 4.79 Å². The Bertz CT molecular complexity index is 392. The minimum Gasteiger partial charge on any atom is -0.300 e. The number of Topliss-reactive ketones (excluding diaryl/α,β-unsaturated/α-hetero) is 1. The van der Waals surface area contributed by atoms with E-state index in [0.29, 0.717) is 5.78 Å². The highest BCUT2D eigenvalue weighted by atomic mass is 16.1. The number of carbonyl (C=O) groups excluding carboxylic acids is 1. The van der Waals surface area contributed by atoms with Crippen LogP contribution in [0.3, 0.4) is 0 Å². The molecule has 0 N–H and O–H groups in total. The van der Waals surface area contributed by atoms with Crippen molar-refractivity contribution in [3.05, 3.63) is 34.9 Å². The molecule has 0 radical (unpaired) electrons. The lowest BCUT2D eigenvalue weighted by molar-refractivity contribution is -0.120. The summed E-state index contributed by atoms with van der Waals surface area (Å²) in [6, 6.07) is 0. The summed E-state index contributed by atoms with van der Waals surface area (Å²) >= 11 is 0. The summed E-state index contributed by atoms with van der Waals surface area (Å²) in [6.07, 6.45) is 13.6. The Morgan fingerprint density at radius 2 is 1.29 bits per heavy atom. The molecule has 0 heterocycles. The third-order valence-electron chi connectivity index (χ3n) is 3.91. The highest BCUT2D eigenvalue weighted by Gasteiger charge is 2.05. The molecule has 21 heavy (non-hydrogen) atoms. The molecule has 0 aromatic rings. The van der Waals surface area contributed by atoms with Crippen LogP contribution in [0.5, 0.6) is 0 Å². The molecule has 0 saturated carbocycles. The summed E-state index contributed by atoms with van der Waals surface area (Å²) < 4.78 is 0. The molecule has 120 valence electrons. The van der Waals surface area contributed by atoms with Gasteiger partial charge in [0.05, 0.1) is 0 Å². The van der Waals surface area contributed by atoms with Gasteiger partial charge in [0, 0.05) is 5.92 Å². The van der Waals surface area contributed by atoms with Crippen LogP contribution in [0.4, 0.5) is 0 Å². The van der Waals surface area contributed by atoms with Gasteiger partial charge in [0.1, 0.15) is 5.78 Å². The van der Waals surface area contributed by atoms with Crippen LogP contribution in [0.15, 0.2) is 34.9 Å². The molecule has 0 aliphatic heterocycles. The van der Waals surface area contributed by atoms with Crippen molar-refractivity contribution in [2.45, 2.75) is 80.1 Å². The quantitative estimate of drug-likeness (QED) is 0.425. The van der Waals surface area contributed by atoms with Crippen molar-refractivity contribution in [3.8, 4) is 0 Å². The number of rotatable bonds is 10. The zero-order valence-corrected chi connectivity index (χ0v) is 15.0. The second-order valence-electron chi connectivity index (χ2n) is 6.55. The van der Waals surface area contributed by atoms with Crippen molar-refractivity contribution in [1.29, 1.82) is 0 Å². The van der Waals surface area contributed by atoms with E-state index < -0.39 is 0 Å². The van der Waals surface area contributed by atoms with E-state index in [4.69, 9.17) is 0 Å². The first-order valence-corrected chi connectivity index (χ1v) is 8.28. The Hall–Kier alpha value is -1.11. The predicted molar refractivity (Wildman–Crippen MR) is 94.5 cm³/mol. The van der Waals surface area contributed by atoms with E-state index in [2.05, 4.69) is 45.9 Å². The molecular formula is C20H34O. The van der Waals surface area contributed by atoms with Gasteiger partial charge in [0.2, 0.25) is 0 Å². The van der Waals surface area contributed by atoms with Gasteiger partial charge in [-0.25, -0.2) is 0 Å².